The van der Waals surface area contributed by atoms with Crippen LogP contribution in [0, 0.1) is 13.8 Å². The zero-order chi connectivity index (χ0) is 17.5. The second-order valence-corrected chi connectivity index (χ2v) is 7.47. The third kappa shape index (κ3) is 2.86. The number of pyridine rings is 1. The highest BCUT2D eigenvalue weighted by atomic mass is 15.3. The first-order valence-electron chi connectivity index (χ1n) is 8.40. The molecule has 1 aromatic carbocycles. The van der Waals surface area contributed by atoms with Crippen molar-refractivity contribution in [2.45, 2.75) is 40.0 Å². The maximum atomic E-state index is 4.36. The predicted molar refractivity (Wildman–Crippen MR) is 98.4 cm³/mol. The van der Waals surface area contributed by atoms with E-state index < -0.39 is 0 Å². The average Bonchev–Trinajstić information content (AvgIpc) is 2.93. The van der Waals surface area contributed by atoms with Gasteiger partial charge in [0, 0.05) is 49.5 Å². The van der Waals surface area contributed by atoms with E-state index in [0.29, 0.717) is 0 Å². The summed E-state index contributed by atoms with van der Waals surface area (Å²) in [6, 6.07) is 13.0. The molecule has 2 heterocycles. The predicted octanol–water partition coefficient (Wildman–Crippen LogP) is 4.28. The van der Waals surface area contributed by atoms with E-state index in [-0.39, 0.29) is 5.41 Å². The molecule has 3 nitrogen and oxygen atoms in total. The molecule has 0 atom stereocenters. The summed E-state index contributed by atoms with van der Waals surface area (Å²) in [5.41, 5.74) is 7.53. The number of rotatable bonds is 2. The van der Waals surface area contributed by atoms with Gasteiger partial charge in [-0.2, -0.15) is 9.67 Å². The van der Waals surface area contributed by atoms with Gasteiger partial charge in [0.15, 0.2) is 11.9 Å². The second kappa shape index (κ2) is 5.90. The van der Waals surface area contributed by atoms with Gasteiger partial charge < -0.3 is 0 Å². The number of hydrogen-bond acceptors (Lipinski definition) is 1. The Morgan fingerprint density at radius 3 is 2.38 bits per heavy atom. The zero-order valence-corrected chi connectivity index (χ0v) is 15.5. The SMILES string of the molecule is Cc1c(-c2ccnn2C)cc(C(C)(C)C)cc1-[n+]1ccccc1C. The average molecular weight is 320 g/mol. The van der Waals surface area contributed by atoms with Crippen molar-refractivity contribution < 1.29 is 4.57 Å². The van der Waals surface area contributed by atoms with Crippen molar-refractivity contribution in [1.82, 2.24) is 9.78 Å². The molecule has 3 aromatic rings. The fraction of sp³-hybridized carbons (Fsp3) is 0.333. The molecule has 0 saturated carbocycles. The summed E-state index contributed by atoms with van der Waals surface area (Å²) in [4.78, 5) is 0. The smallest absolute Gasteiger partial charge is 0.214 e. The molecule has 0 saturated heterocycles. The monoisotopic (exact) mass is 320 g/mol. The molecule has 3 rings (SSSR count). The molecule has 24 heavy (non-hydrogen) atoms. The van der Waals surface area contributed by atoms with E-state index in [1.165, 1.54) is 28.1 Å². The van der Waals surface area contributed by atoms with E-state index in [1.54, 1.807) is 0 Å². The van der Waals surface area contributed by atoms with Gasteiger partial charge in [-0.25, -0.2) is 0 Å². The Morgan fingerprint density at radius 1 is 1.04 bits per heavy atom. The first-order chi connectivity index (χ1) is 11.3. The van der Waals surface area contributed by atoms with E-state index >= 15 is 0 Å². The molecular formula is C21H26N3+. The van der Waals surface area contributed by atoms with E-state index in [4.69, 9.17) is 0 Å². The van der Waals surface area contributed by atoms with Crippen LogP contribution in [-0.2, 0) is 12.5 Å². The highest BCUT2D eigenvalue weighted by molar-refractivity contribution is 5.68. The lowest BCUT2D eigenvalue weighted by atomic mass is 9.84. The lowest BCUT2D eigenvalue weighted by Gasteiger charge is -2.21. The second-order valence-electron chi connectivity index (χ2n) is 7.47. The molecular weight excluding hydrogens is 294 g/mol. The molecule has 3 heteroatoms. The van der Waals surface area contributed by atoms with Crippen molar-refractivity contribution in [3.05, 3.63) is 65.6 Å². The van der Waals surface area contributed by atoms with Crippen LogP contribution in [0.4, 0.5) is 0 Å². The highest BCUT2D eigenvalue weighted by Crippen LogP contribution is 2.32. The first kappa shape index (κ1) is 16.4. The van der Waals surface area contributed by atoms with Gasteiger partial charge in [-0.1, -0.05) is 26.8 Å². The molecule has 2 aromatic heterocycles. The number of aromatic nitrogens is 3. The molecule has 0 radical (unpaired) electrons. The molecule has 0 fully saturated rings. The largest absolute Gasteiger partial charge is 0.268 e. The molecule has 0 bridgehead atoms. The fourth-order valence-corrected chi connectivity index (χ4v) is 3.09. The lowest BCUT2D eigenvalue weighted by Crippen LogP contribution is -2.35. The van der Waals surface area contributed by atoms with Gasteiger partial charge in [-0.05, 0) is 30.0 Å². The minimum atomic E-state index is 0.0824. The van der Waals surface area contributed by atoms with Crippen LogP contribution in [0.1, 0.15) is 37.6 Å². The van der Waals surface area contributed by atoms with Crippen LogP contribution in [0.15, 0.2) is 48.8 Å². The van der Waals surface area contributed by atoms with E-state index in [2.05, 4.69) is 86.9 Å². The van der Waals surface area contributed by atoms with Crippen molar-refractivity contribution in [3.63, 3.8) is 0 Å². The Balaban J connectivity index is 2.34. The van der Waals surface area contributed by atoms with Gasteiger partial charge in [0.05, 0.1) is 5.69 Å². The van der Waals surface area contributed by atoms with Crippen LogP contribution >= 0.6 is 0 Å². The Hall–Kier alpha value is -2.42. The quantitative estimate of drug-likeness (QED) is 0.646. The van der Waals surface area contributed by atoms with Crippen molar-refractivity contribution >= 4 is 0 Å². The van der Waals surface area contributed by atoms with Gasteiger partial charge in [0.1, 0.15) is 0 Å². The Kier molecular flexibility index (Phi) is 4.04. The molecule has 0 aliphatic carbocycles. The first-order valence-corrected chi connectivity index (χ1v) is 8.40. The molecule has 0 aliphatic heterocycles. The number of benzene rings is 1. The molecule has 0 unspecified atom stereocenters. The van der Waals surface area contributed by atoms with E-state index in [0.717, 1.165) is 5.69 Å². The summed E-state index contributed by atoms with van der Waals surface area (Å²) in [6.07, 6.45) is 4.00. The van der Waals surface area contributed by atoms with Gasteiger partial charge in [0.2, 0.25) is 5.69 Å². The normalized spacial score (nSPS) is 11.8. The Morgan fingerprint density at radius 2 is 1.79 bits per heavy atom. The van der Waals surface area contributed by atoms with Crippen LogP contribution in [0.3, 0.4) is 0 Å². The van der Waals surface area contributed by atoms with Crippen molar-refractivity contribution in [2.24, 2.45) is 7.05 Å². The van der Waals surface area contributed by atoms with Crippen LogP contribution in [0.5, 0.6) is 0 Å². The van der Waals surface area contributed by atoms with Crippen LogP contribution in [0.25, 0.3) is 16.9 Å². The van der Waals surface area contributed by atoms with Gasteiger partial charge in [-0.3, -0.25) is 4.68 Å². The summed E-state index contributed by atoms with van der Waals surface area (Å²) in [6.45, 7) is 11.1. The Bertz CT molecular complexity index is 882. The third-order valence-corrected chi connectivity index (χ3v) is 4.67. The van der Waals surface area contributed by atoms with E-state index in [9.17, 15) is 0 Å². The van der Waals surface area contributed by atoms with Crippen molar-refractivity contribution in [2.75, 3.05) is 0 Å². The summed E-state index contributed by atoms with van der Waals surface area (Å²) >= 11 is 0. The van der Waals surface area contributed by atoms with Gasteiger partial charge in [0.25, 0.3) is 0 Å². The lowest BCUT2D eigenvalue weighted by molar-refractivity contribution is -0.603. The summed E-state index contributed by atoms with van der Waals surface area (Å²) in [5, 5.41) is 4.36. The van der Waals surface area contributed by atoms with Gasteiger partial charge >= 0.3 is 0 Å². The number of aryl methyl sites for hydroxylation is 2. The minimum Gasteiger partial charge on any atom is -0.268 e. The third-order valence-electron chi connectivity index (χ3n) is 4.67. The molecule has 124 valence electrons. The topological polar surface area (TPSA) is 21.7 Å². The molecule has 0 spiro atoms. The standard InChI is InChI=1S/C21H26N3/c1-15-9-7-8-12-24(15)20-14-17(21(3,4)5)13-18(16(20)2)19-10-11-22-23(19)6/h7-14H,1-6H3/q+1. The number of hydrogen-bond donors (Lipinski definition) is 0. The highest BCUT2D eigenvalue weighted by Gasteiger charge is 2.23. The van der Waals surface area contributed by atoms with Crippen LogP contribution in [-0.4, -0.2) is 9.78 Å². The van der Waals surface area contributed by atoms with Gasteiger partial charge in [-0.15, -0.1) is 0 Å². The maximum Gasteiger partial charge on any atom is 0.214 e. The zero-order valence-electron chi connectivity index (χ0n) is 15.5. The molecule has 0 aliphatic rings. The van der Waals surface area contributed by atoms with Crippen LogP contribution < -0.4 is 4.57 Å². The van der Waals surface area contributed by atoms with E-state index in [1.807, 2.05) is 17.9 Å². The summed E-state index contributed by atoms with van der Waals surface area (Å²) in [7, 11) is 2.00. The summed E-state index contributed by atoms with van der Waals surface area (Å²) < 4.78 is 4.21. The summed E-state index contributed by atoms with van der Waals surface area (Å²) in [5.74, 6) is 0. The molecule has 0 amide bonds. The fourth-order valence-electron chi connectivity index (χ4n) is 3.09. The van der Waals surface area contributed by atoms with Crippen molar-refractivity contribution in [1.29, 1.82) is 0 Å². The molecule has 0 N–H and O–H groups in total. The van der Waals surface area contributed by atoms with Crippen molar-refractivity contribution in [3.8, 4) is 16.9 Å². The maximum absolute atomic E-state index is 4.36. The number of nitrogens with zero attached hydrogens (tertiary/aromatic N) is 3. The minimum absolute atomic E-state index is 0.0824. The van der Waals surface area contributed by atoms with Crippen LogP contribution in [0.2, 0.25) is 0 Å². The Labute approximate surface area is 144 Å².